The number of carbonyl (C=O) groups excluding carboxylic acids is 1. The summed E-state index contributed by atoms with van der Waals surface area (Å²) in [4.78, 5) is 12.2. The van der Waals surface area contributed by atoms with E-state index >= 15 is 0 Å². The molecule has 168 valence electrons. The van der Waals surface area contributed by atoms with Gasteiger partial charge in [0.25, 0.3) is 0 Å². The molecule has 0 aliphatic carbocycles. The third kappa shape index (κ3) is 5.39. The van der Waals surface area contributed by atoms with Crippen LogP contribution in [0, 0.1) is 5.92 Å². The van der Waals surface area contributed by atoms with Gasteiger partial charge in [-0.25, -0.2) is 8.42 Å². The van der Waals surface area contributed by atoms with Crippen LogP contribution in [0.4, 0.5) is 13.2 Å². The summed E-state index contributed by atoms with van der Waals surface area (Å²) < 4.78 is 65.5. The van der Waals surface area contributed by atoms with Crippen molar-refractivity contribution < 1.29 is 26.4 Å². The molecule has 1 amide bonds. The Balaban J connectivity index is 1.63. The summed E-state index contributed by atoms with van der Waals surface area (Å²) in [6.07, 6.45) is -4.08. The fraction of sp³-hybridized carbons (Fsp3) is 0.381. The molecule has 0 bridgehead atoms. The highest BCUT2D eigenvalue weighted by Gasteiger charge is 2.35. The van der Waals surface area contributed by atoms with E-state index in [1.165, 1.54) is 0 Å². The summed E-state index contributed by atoms with van der Waals surface area (Å²) >= 11 is 6.16. The molecule has 0 radical (unpaired) electrons. The number of nitrogens with one attached hydrogen (secondary N) is 1. The third-order valence-electron chi connectivity index (χ3n) is 5.35. The Morgan fingerprint density at radius 1 is 1.13 bits per heavy atom. The molecule has 10 heteroatoms. The van der Waals surface area contributed by atoms with Crippen molar-refractivity contribution in [2.24, 2.45) is 5.92 Å². The summed E-state index contributed by atoms with van der Waals surface area (Å²) in [5.41, 5.74) is -0.238. The first-order valence-corrected chi connectivity index (χ1v) is 11.5. The van der Waals surface area contributed by atoms with Crippen molar-refractivity contribution in [3.05, 3.63) is 64.7 Å². The molecule has 0 spiro atoms. The lowest BCUT2D eigenvalue weighted by Crippen LogP contribution is -2.43. The number of amides is 1. The molecule has 31 heavy (non-hydrogen) atoms. The van der Waals surface area contributed by atoms with Crippen LogP contribution in [0.25, 0.3) is 0 Å². The van der Waals surface area contributed by atoms with Gasteiger partial charge in [0.1, 0.15) is 0 Å². The number of sulfonamides is 1. The minimum Gasteiger partial charge on any atom is -0.349 e. The fourth-order valence-corrected chi connectivity index (χ4v) is 5.39. The second-order valence-electron chi connectivity index (χ2n) is 7.46. The van der Waals surface area contributed by atoms with E-state index in [1.807, 2.05) is 19.1 Å². The Kier molecular flexibility index (Phi) is 6.98. The van der Waals surface area contributed by atoms with Gasteiger partial charge in [0.2, 0.25) is 15.9 Å². The summed E-state index contributed by atoms with van der Waals surface area (Å²) in [7, 11) is -4.08. The summed E-state index contributed by atoms with van der Waals surface area (Å²) in [5, 5.41) is 3.44. The van der Waals surface area contributed by atoms with Crippen molar-refractivity contribution >= 4 is 27.5 Å². The molecule has 1 atom stereocenters. The van der Waals surface area contributed by atoms with Gasteiger partial charge < -0.3 is 5.32 Å². The number of alkyl halides is 3. The molecule has 1 aliphatic heterocycles. The smallest absolute Gasteiger partial charge is 0.349 e. The van der Waals surface area contributed by atoms with E-state index in [4.69, 9.17) is 11.6 Å². The maximum absolute atomic E-state index is 12.9. The standard InChI is InChI=1S/C21H22ClF3N2O3S/c1-14(18-7-2-3-8-19(18)22)26-20(28)15-9-11-27(12-10-15)31(29,30)17-6-4-5-16(13-17)21(23,24)25/h2-8,13-15H,9-12H2,1H3,(H,26,28)/t14-/m0/s1. The van der Waals surface area contributed by atoms with Gasteiger partial charge in [0.05, 0.1) is 16.5 Å². The van der Waals surface area contributed by atoms with Gasteiger partial charge >= 0.3 is 6.18 Å². The van der Waals surface area contributed by atoms with Crippen LogP contribution in [0.1, 0.15) is 36.9 Å². The van der Waals surface area contributed by atoms with Crippen molar-refractivity contribution in [2.45, 2.75) is 36.9 Å². The van der Waals surface area contributed by atoms with E-state index in [1.54, 1.807) is 12.1 Å². The molecule has 2 aromatic carbocycles. The van der Waals surface area contributed by atoms with E-state index in [0.29, 0.717) is 11.1 Å². The number of rotatable bonds is 5. The van der Waals surface area contributed by atoms with Crippen LogP contribution in [0.2, 0.25) is 5.02 Å². The third-order valence-corrected chi connectivity index (χ3v) is 7.59. The highest BCUT2D eigenvalue weighted by Crippen LogP contribution is 2.32. The number of hydrogen-bond acceptors (Lipinski definition) is 3. The quantitative estimate of drug-likeness (QED) is 0.686. The highest BCUT2D eigenvalue weighted by atomic mass is 35.5. The van der Waals surface area contributed by atoms with E-state index < -0.39 is 32.6 Å². The summed E-state index contributed by atoms with van der Waals surface area (Å²) in [6.45, 7) is 1.92. The first-order chi connectivity index (χ1) is 14.5. The lowest BCUT2D eigenvalue weighted by atomic mass is 9.96. The van der Waals surface area contributed by atoms with E-state index in [-0.39, 0.29) is 37.9 Å². The predicted octanol–water partition coefficient (Wildman–Crippen LogP) is 4.64. The van der Waals surface area contributed by atoms with Crippen molar-refractivity contribution in [3.63, 3.8) is 0 Å². The zero-order valence-electron chi connectivity index (χ0n) is 16.7. The molecule has 1 aliphatic rings. The molecule has 1 fully saturated rings. The van der Waals surface area contributed by atoms with Crippen LogP contribution >= 0.6 is 11.6 Å². The van der Waals surface area contributed by atoms with Crippen molar-refractivity contribution in [3.8, 4) is 0 Å². The van der Waals surface area contributed by atoms with Gasteiger partial charge in [-0.1, -0.05) is 35.9 Å². The SMILES string of the molecule is C[C@H](NC(=O)C1CCN(S(=O)(=O)c2cccc(C(F)(F)F)c2)CC1)c1ccccc1Cl. The van der Waals surface area contributed by atoms with Gasteiger partial charge in [-0.3, -0.25) is 4.79 Å². The van der Waals surface area contributed by atoms with Crippen molar-refractivity contribution in [1.82, 2.24) is 9.62 Å². The largest absolute Gasteiger partial charge is 0.416 e. The minimum atomic E-state index is -4.63. The van der Waals surface area contributed by atoms with Crippen molar-refractivity contribution in [1.29, 1.82) is 0 Å². The molecule has 3 rings (SSSR count). The molecule has 0 unspecified atom stereocenters. The first-order valence-electron chi connectivity index (χ1n) is 9.72. The van der Waals surface area contributed by atoms with Gasteiger partial charge in [0, 0.05) is 24.0 Å². The zero-order valence-corrected chi connectivity index (χ0v) is 18.3. The van der Waals surface area contributed by atoms with Gasteiger partial charge in [-0.15, -0.1) is 0 Å². The Bertz CT molecular complexity index is 1050. The van der Waals surface area contributed by atoms with Crippen LogP contribution in [0.5, 0.6) is 0 Å². The number of piperidine rings is 1. The average molecular weight is 475 g/mol. The average Bonchev–Trinajstić information content (AvgIpc) is 2.73. The second kappa shape index (κ2) is 9.18. The maximum atomic E-state index is 12.9. The van der Waals surface area contributed by atoms with Crippen LogP contribution in [-0.4, -0.2) is 31.7 Å². The number of nitrogens with zero attached hydrogens (tertiary/aromatic N) is 1. The molecular formula is C21H22ClF3N2O3S. The molecule has 0 aromatic heterocycles. The molecule has 5 nitrogen and oxygen atoms in total. The number of hydrogen-bond donors (Lipinski definition) is 1. The number of halogens is 4. The molecule has 1 heterocycles. The maximum Gasteiger partial charge on any atom is 0.416 e. The van der Waals surface area contributed by atoms with E-state index in [2.05, 4.69) is 5.32 Å². The molecule has 0 saturated carbocycles. The summed E-state index contributed by atoms with van der Waals surface area (Å²) in [6, 6.07) is 10.5. The van der Waals surface area contributed by atoms with Crippen LogP contribution in [0.15, 0.2) is 53.4 Å². The number of carbonyl (C=O) groups is 1. The van der Waals surface area contributed by atoms with Crippen LogP contribution < -0.4 is 5.32 Å². The second-order valence-corrected chi connectivity index (χ2v) is 9.80. The normalized spacial score (nSPS) is 17.3. The van der Waals surface area contributed by atoms with E-state index in [9.17, 15) is 26.4 Å². The topological polar surface area (TPSA) is 66.5 Å². The lowest BCUT2D eigenvalue weighted by molar-refractivity contribution is -0.137. The summed E-state index contributed by atoms with van der Waals surface area (Å²) in [5.74, 6) is -0.596. The van der Waals surface area contributed by atoms with Gasteiger partial charge in [-0.2, -0.15) is 17.5 Å². The lowest BCUT2D eigenvalue weighted by Gasteiger charge is -2.31. The Morgan fingerprint density at radius 2 is 1.77 bits per heavy atom. The fourth-order valence-electron chi connectivity index (χ4n) is 3.58. The molecule has 1 N–H and O–H groups in total. The Labute approximate surface area is 184 Å². The predicted molar refractivity (Wildman–Crippen MR) is 111 cm³/mol. The minimum absolute atomic E-state index is 0.0527. The van der Waals surface area contributed by atoms with Crippen molar-refractivity contribution in [2.75, 3.05) is 13.1 Å². The Morgan fingerprint density at radius 3 is 2.39 bits per heavy atom. The van der Waals surface area contributed by atoms with Gasteiger partial charge in [-0.05, 0) is 49.6 Å². The Hall–Kier alpha value is -2.10. The van der Waals surface area contributed by atoms with Crippen LogP contribution in [0.3, 0.4) is 0 Å². The van der Waals surface area contributed by atoms with Gasteiger partial charge in [0.15, 0.2) is 0 Å². The monoisotopic (exact) mass is 474 g/mol. The van der Waals surface area contributed by atoms with Crippen LogP contribution in [-0.2, 0) is 21.0 Å². The number of benzene rings is 2. The first kappa shape index (κ1) is 23.6. The zero-order chi connectivity index (χ0) is 22.8. The van der Waals surface area contributed by atoms with E-state index in [0.717, 1.165) is 28.1 Å². The molecule has 2 aromatic rings. The highest BCUT2D eigenvalue weighted by molar-refractivity contribution is 7.89. The molecule has 1 saturated heterocycles. The molecular weight excluding hydrogens is 453 g/mol.